The molecular weight excluding hydrogens is 602 g/mol. The minimum absolute atomic E-state index is 0. The number of carbonyl (C=O) groups excluding carboxylic acids is 1. The Bertz CT molecular complexity index is 993. The number of hydrogen-bond acceptors (Lipinski definition) is 5. The number of amides is 1. The first kappa shape index (κ1) is 32.6. The molecule has 2 aliphatic heterocycles. The van der Waals surface area contributed by atoms with E-state index < -0.39 is 0 Å². The van der Waals surface area contributed by atoms with Gasteiger partial charge in [0, 0.05) is 30.7 Å². The number of nitrogen functional groups attached to an aromatic ring is 1. The van der Waals surface area contributed by atoms with E-state index in [1.54, 1.807) is 6.92 Å². The van der Waals surface area contributed by atoms with Crippen LogP contribution < -0.4 is 11.1 Å². The molecular formula is C28H43Br2N3O2S. The first-order valence-corrected chi connectivity index (χ1v) is 15.3. The van der Waals surface area contributed by atoms with Crippen molar-refractivity contribution in [1.82, 2.24) is 10.2 Å². The lowest BCUT2D eigenvalue weighted by Crippen LogP contribution is -2.36. The summed E-state index contributed by atoms with van der Waals surface area (Å²) < 4.78 is 1.72. The van der Waals surface area contributed by atoms with Gasteiger partial charge in [-0.1, -0.05) is 40.2 Å². The van der Waals surface area contributed by atoms with Gasteiger partial charge < -0.3 is 21.1 Å². The van der Waals surface area contributed by atoms with Crippen LogP contribution in [0.2, 0.25) is 0 Å². The van der Waals surface area contributed by atoms with Gasteiger partial charge in [-0.25, -0.2) is 0 Å². The summed E-state index contributed by atoms with van der Waals surface area (Å²) >= 11 is 9.01. The second-order valence-electron chi connectivity index (χ2n) is 8.81. The van der Waals surface area contributed by atoms with Crippen LogP contribution in [0, 0.1) is 0 Å². The van der Waals surface area contributed by atoms with E-state index in [2.05, 4.69) is 70.3 Å². The molecule has 3 aliphatic rings. The minimum Gasteiger partial charge on any atom is -0.505 e. The monoisotopic (exact) mass is 643 g/mol. The smallest absolute Gasteiger partial charge is 0.219 e. The molecule has 2 heterocycles. The highest BCUT2D eigenvalue weighted by Gasteiger charge is 2.32. The average Bonchev–Trinajstić information content (AvgIpc) is 3.00. The van der Waals surface area contributed by atoms with Crippen LogP contribution in [0.1, 0.15) is 71.9 Å². The molecule has 1 aliphatic carbocycles. The number of likely N-dealkylation sites (tertiary alicyclic amines) is 1. The standard InChI is InChI=1S/C21H23Br2N3O2.C3H8S.C3H8.CH4/c1-11(27)26-6-4-12(5-7-26)18-16-9-17(24)21(28)19(23)15(16)3-2-13-8-14(22)10-25-20(13)18;1-3-4-2;1-3-2;/h8-10,20,25,28H,2-7,24H2,1H3;3H2,1-2H3;3H2,1-2H3;1H4. The van der Waals surface area contributed by atoms with Crippen molar-refractivity contribution in [2.75, 3.05) is 30.8 Å². The van der Waals surface area contributed by atoms with E-state index in [0.29, 0.717) is 10.2 Å². The van der Waals surface area contributed by atoms with E-state index in [9.17, 15) is 9.90 Å². The SMILES string of the molecule is C.CC(=O)N1CCC(=C2c3cc(N)c(O)c(Br)c3CCC3=CC(Br)=CNC32)CC1.CCC.CCSC. The third-order valence-corrected chi connectivity index (χ3v) is 8.07. The Balaban J connectivity index is 0.000000725. The van der Waals surface area contributed by atoms with Gasteiger partial charge in [0.05, 0.1) is 16.2 Å². The van der Waals surface area contributed by atoms with E-state index in [1.807, 2.05) is 28.9 Å². The maximum absolute atomic E-state index is 11.8. The van der Waals surface area contributed by atoms with Gasteiger partial charge in [-0.2, -0.15) is 11.8 Å². The summed E-state index contributed by atoms with van der Waals surface area (Å²) in [6.07, 6.45) is 10.9. The maximum Gasteiger partial charge on any atom is 0.219 e. The molecule has 36 heavy (non-hydrogen) atoms. The number of allylic oxidation sites excluding steroid dienone is 2. The summed E-state index contributed by atoms with van der Waals surface area (Å²) in [6, 6.07) is 1.99. The van der Waals surface area contributed by atoms with Gasteiger partial charge in [0.1, 0.15) is 0 Å². The number of benzene rings is 1. The summed E-state index contributed by atoms with van der Waals surface area (Å²) in [5.41, 5.74) is 12.6. The van der Waals surface area contributed by atoms with Crippen molar-refractivity contribution in [3.63, 3.8) is 0 Å². The van der Waals surface area contributed by atoms with Crippen LogP contribution in [0.4, 0.5) is 5.69 Å². The molecule has 0 radical (unpaired) electrons. The number of phenols is 1. The van der Waals surface area contributed by atoms with Crippen LogP contribution in [0.5, 0.6) is 5.75 Å². The second-order valence-corrected chi connectivity index (χ2v) is 11.7. The van der Waals surface area contributed by atoms with Crippen LogP contribution in [-0.4, -0.2) is 47.1 Å². The third-order valence-electron chi connectivity index (χ3n) is 6.18. The number of nitrogens with zero attached hydrogens (tertiary/aromatic N) is 1. The number of rotatable bonds is 1. The summed E-state index contributed by atoms with van der Waals surface area (Å²) in [6.45, 7) is 9.50. The van der Waals surface area contributed by atoms with Crippen LogP contribution >= 0.6 is 43.6 Å². The molecule has 1 aromatic rings. The first-order chi connectivity index (χ1) is 16.7. The number of nitrogens with one attached hydrogen (secondary N) is 1. The van der Waals surface area contributed by atoms with E-state index in [4.69, 9.17) is 5.73 Å². The lowest BCUT2D eigenvalue weighted by atomic mass is 9.84. The fourth-order valence-electron chi connectivity index (χ4n) is 4.42. The van der Waals surface area contributed by atoms with E-state index in [0.717, 1.165) is 54.4 Å². The highest BCUT2D eigenvalue weighted by Crippen LogP contribution is 2.46. The lowest BCUT2D eigenvalue weighted by molar-refractivity contribution is -0.129. The second kappa shape index (κ2) is 15.8. The number of nitrogens with two attached hydrogens (primary N) is 1. The van der Waals surface area contributed by atoms with Crippen LogP contribution in [0.3, 0.4) is 0 Å². The average molecular weight is 646 g/mol. The molecule has 1 atom stereocenters. The zero-order valence-electron chi connectivity index (χ0n) is 21.5. The number of carbonyl (C=O) groups is 1. The van der Waals surface area contributed by atoms with Gasteiger partial charge in [-0.05, 0) is 104 Å². The molecule has 0 spiro atoms. The fraction of sp³-hybridized carbons (Fsp3) is 0.536. The highest BCUT2D eigenvalue weighted by molar-refractivity contribution is 9.12. The number of fused-ring (bicyclic) bond motifs is 2. The molecule has 1 saturated heterocycles. The zero-order chi connectivity index (χ0) is 26.1. The number of thioether (sulfide) groups is 1. The van der Waals surface area contributed by atoms with Crippen molar-refractivity contribution >= 4 is 60.8 Å². The minimum atomic E-state index is 0. The molecule has 1 aromatic carbocycles. The van der Waals surface area contributed by atoms with Crippen molar-refractivity contribution in [2.45, 2.75) is 73.3 Å². The Morgan fingerprint density at radius 1 is 1.19 bits per heavy atom. The third kappa shape index (κ3) is 8.06. The molecule has 1 amide bonds. The van der Waals surface area contributed by atoms with Crippen LogP contribution in [0.15, 0.2) is 38.4 Å². The van der Waals surface area contributed by atoms with Crippen molar-refractivity contribution in [3.8, 4) is 5.75 Å². The Labute approximate surface area is 239 Å². The molecule has 1 fully saturated rings. The van der Waals surface area contributed by atoms with Crippen molar-refractivity contribution in [3.05, 3.63) is 49.6 Å². The Hall–Kier alpha value is -1.38. The Morgan fingerprint density at radius 3 is 2.31 bits per heavy atom. The molecule has 202 valence electrons. The number of phenolic OH excluding ortho intramolecular Hbond substituents is 1. The molecule has 8 heteroatoms. The quantitative estimate of drug-likeness (QED) is 0.216. The highest BCUT2D eigenvalue weighted by atomic mass is 79.9. The van der Waals surface area contributed by atoms with Crippen molar-refractivity contribution < 1.29 is 9.90 Å². The van der Waals surface area contributed by atoms with Crippen molar-refractivity contribution in [2.24, 2.45) is 0 Å². The molecule has 0 saturated carbocycles. The molecule has 0 aromatic heterocycles. The number of anilines is 1. The number of dihydropyridines is 1. The van der Waals surface area contributed by atoms with E-state index in [1.165, 1.54) is 28.9 Å². The molecule has 1 unspecified atom stereocenters. The number of halogens is 2. The number of piperidine rings is 1. The van der Waals surface area contributed by atoms with Crippen molar-refractivity contribution in [1.29, 1.82) is 0 Å². The lowest BCUT2D eigenvalue weighted by Gasteiger charge is -2.33. The Kier molecular flexibility index (Phi) is 14.3. The first-order valence-electron chi connectivity index (χ1n) is 12.3. The van der Waals surface area contributed by atoms with Gasteiger partial charge in [-0.15, -0.1) is 0 Å². The molecule has 0 bridgehead atoms. The largest absolute Gasteiger partial charge is 0.505 e. The topological polar surface area (TPSA) is 78.6 Å². The molecule has 5 nitrogen and oxygen atoms in total. The maximum atomic E-state index is 11.8. The summed E-state index contributed by atoms with van der Waals surface area (Å²) in [5, 5.41) is 13.9. The Morgan fingerprint density at radius 2 is 1.78 bits per heavy atom. The number of hydrogen-bond donors (Lipinski definition) is 3. The van der Waals surface area contributed by atoms with Gasteiger partial charge in [0.25, 0.3) is 0 Å². The van der Waals surface area contributed by atoms with Gasteiger partial charge in [0.2, 0.25) is 5.91 Å². The van der Waals surface area contributed by atoms with Gasteiger partial charge in [0.15, 0.2) is 5.75 Å². The summed E-state index contributed by atoms with van der Waals surface area (Å²) in [4.78, 5) is 13.7. The predicted octanol–water partition coefficient (Wildman–Crippen LogP) is 7.64. The number of aromatic hydroxyl groups is 1. The van der Waals surface area contributed by atoms with Crippen LogP contribution in [0.25, 0.3) is 5.57 Å². The zero-order valence-corrected chi connectivity index (χ0v) is 25.5. The predicted molar refractivity (Wildman–Crippen MR) is 166 cm³/mol. The molecule has 4 rings (SSSR count). The summed E-state index contributed by atoms with van der Waals surface area (Å²) in [5.74, 6) is 1.48. The van der Waals surface area contributed by atoms with E-state index in [-0.39, 0.29) is 25.1 Å². The van der Waals surface area contributed by atoms with Crippen LogP contribution in [-0.2, 0) is 11.2 Å². The fourth-order valence-corrected chi connectivity index (χ4v) is 5.49. The molecule has 4 N–H and O–H groups in total. The van der Waals surface area contributed by atoms with Gasteiger partial charge in [-0.3, -0.25) is 4.79 Å². The normalized spacial score (nSPS) is 18.3. The van der Waals surface area contributed by atoms with Gasteiger partial charge >= 0.3 is 0 Å². The summed E-state index contributed by atoms with van der Waals surface area (Å²) in [7, 11) is 0. The van der Waals surface area contributed by atoms with E-state index >= 15 is 0 Å².